The summed E-state index contributed by atoms with van der Waals surface area (Å²) in [6.45, 7) is 0. The summed E-state index contributed by atoms with van der Waals surface area (Å²) in [5.74, 6) is 0.316. The molecule has 2 aromatic heterocycles. The van der Waals surface area contributed by atoms with Crippen LogP contribution in [0.15, 0.2) is 41.1 Å². The van der Waals surface area contributed by atoms with Crippen molar-refractivity contribution < 1.29 is 13.9 Å². The zero-order valence-corrected chi connectivity index (χ0v) is 10.1. The lowest BCUT2D eigenvalue weighted by Gasteiger charge is -2.01. The number of nitriles is 1. The van der Waals surface area contributed by atoms with Crippen molar-refractivity contribution in [3.8, 4) is 17.8 Å². The summed E-state index contributed by atoms with van der Waals surface area (Å²) in [5, 5.41) is 9.73. The second kappa shape index (κ2) is 4.82. The number of furan rings is 1. The van der Waals surface area contributed by atoms with Crippen LogP contribution in [0, 0.1) is 11.3 Å². The van der Waals surface area contributed by atoms with Gasteiger partial charge in [0.05, 0.1) is 10.9 Å². The van der Waals surface area contributed by atoms with Crippen molar-refractivity contribution in [2.45, 2.75) is 0 Å². The van der Waals surface area contributed by atoms with Gasteiger partial charge in [-0.05, 0) is 12.1 Å². The van der Waals surface area contributed by atoms with Crippen LogP contribution >= 0.6 is 0 Å². The first-order valence-corrected chi connectivity index (χ1v) is 5.68. The Hall–Kier alpha value is -3.20. The SMILES string of the molecule is N#Cc1oc2ccccc2c1Oc1ncc(C=O)cn1. The van der Waals surface area contributed by atoms with E-state index in [1.807, 2.05) is 12.1 Å². The number of rotatable bonds is 3. The highest BCUT2D eigenvalue weighted by Gasteiger charge is 2.16. The maximum absolute atomic E-state index is 10.5. The molecule has 0 aliphatic heterocycles. The Morgan fingerprint density at radius 3 is 2.70 bits per heavy atom. The lowest BCUT2D eigenvalue weighted by atomic mass is 10.2. The van der Waals surface area contributed by atoms with Crippen LogP contribution in [0.4, 0.5) is 0 Å². The number of nitrogens with zero attached hydrogens (tertiary/aromatic N) is 3. The highest BCUT2D eigenvalue weighted by Crippen LogP contribution is 2.34. The second-order valence-corrected chi connectivity index (χ2v) is 3.89. The van der Waals surface area contributed by atoms with Crippen molar-refractivity contribution in [1.82, 2.24) is 9.97 Å². The third-order valence-corrected chi connectivity index (χ3v) is 2.63. The van der Waals surface area contributed by atoms with E-state index in [2.05, 4.69) is 9.97 Å². The standard InChI is InChI=1S/C14H7N3O3/c15-5-12-13(10-3-1-2-4-11(10)19-12)20-14-16-6-9(8-18)7-17-14/h1-4,6-8H. The minimum Gasteiger partial charge on any atom is -0.442 e. The normalized spacial score (nSPS) is 10.2. The van der Waals surface area contributed by atoms with E-state index in [4.69, 9.17) is 14.4 Å². The quantitative estimate of drug-likeness (QED) is 0.676. The Kier molecular flexibility index (Phi) is 2.86. The van der Waals surface area contributed by atoms with Gasteiger partial charge in [-0.2, -0.15) is 5.26 Å². The van der Waals surface area contributed by atoms with Gasteiger partial charge >= 0.3 is 6.01 Å². The van der Waals surface area contributed by atoms with E-state index in [0.29, 0.717) is 22.8 Å². The smallest absolute Gasteiger partial charge is 0.322 e. The average molecular weight is 265 g/mol. The molecule has 0 amide bonds. The molecule has 0 N–H and O–H groups in total. The molecule has 6 heteroatoms. The van der Waals surface area contributed by atoms with E-state index in [0.717, 1.165) is 0 Å². The molecule has 20 heavy (non-hydrogen) atoms. The van der Waals surface area contributed by atoms with Gasteiger partial charge in [0, 0.05) is 12.4 Å². The lowest BCUT2D eigenvalue weighted by Crippen LogP contribution is -1.93. The predicted molar refractivity (Wildman–Crippen MR) is 68.4 cm³/mol. The molecular weight excluding hydrogens is 258 g/mol. The first-order valence-electron chi connectivity index (χ1n) is 5.68. The van der Waals surface area contributed by atoms with Crippen molar-refractivity contribution in [3.05, 3.63) is 48.0 Å². The van der Waals surface area contributed by atoms with Gasteiger partial charge in [-0.1, -0.05) is 12.1 Å². The predicted octanol–water partition coefficient (Wildman–Crippen LogP) is 2.70. The first kappa shape index (κ1) is 11.9. The highest BCUT2D eigenvalue weighted by atomic mass is 16.5. The number of aromatic nitrogens is 2. The minimum absolute atomic E-state index is 0.0404. The Balaban J connectivity index is 2.05. The summed E-state index contributed by atoms with van der Waals surface area (Å²) >= 11 is 0. The summed E-state index contributed by atoms with van der Waals surface area (Å²) in [4.78, 5) is 18.3. The molecule has 0 spiro atoms. The molecule has 2 heterocycles. The van der Waals surface area contributed by atoms with E-state index in [1.54, 1.807) is 18.2 Å². The Morgan fingerprint density at radius 2 is 2.00 bits per heavy atom. The number of aldehydes is 1. The van der Waals surface area contributed by atoms with E-state index >= 15 is 0 Å². The fraction of sp³-hybridized carbons (Fsp3) is 0. The Morgan fingerprint density at radius 1 is 1.25 bits per heavy atom. The fourth-order valence-electron chi connectivity index (χ4n) is 1.73. The van der Waals surface area contributed by atoms with Crippen LogP contribution in [0.1, 0.15) is 16.1 Å². The summed E-state index contributed by atoms with van der Waals surface area (Å²) < 4.78 is 10.9. The number of hydrogen-bond acceptors (Lipinski definition) is 6. The largest absolute Gasteiger partial charge is 0.442 e. The van der Waals surface area contributed by atoms with Crippen molar-refractivity contribution in [3.63, 3.8) is 0 Å². The summed E-state index contributed by atoms with van der Waals surface area (Å²) in [7, 11) is 0. The average Bonchev–Trinajstić information content (AvgIpc) is 2.86. The third-order valence-electron chi connectivity index (χ3n) is 2.63. The molecule has 6 nitrogen and oxygen atoms in total. The molecule has 0 fully saturated rings. The van der Waals surface area contributed by atoms with Gasteiger partial charge < -0.3 is 9.15 Å². The molecule has 0 radical (unpaired) electrons. The number of carbonyl (C=O) groups excluding carboxylic acids is 1. The van der Waals surface area contributed by atoms with Crippen LogP contribution < -0.4 is 4.74 Å². The molecule has 0 aliphatic rings. The Labute approximate surface area is 113 Å². The van der Waals surface area contributed by atoms with Gasteiger partial charge in [-0.25, -0.2) is 9.97 Å². The van der Waals surface area contributed by atoms with Crippen molar-refractivity contribution >= 4 is 17.3 Å². The maximum Gasteiger partial charge on any atom is 0.322 e. The van der Waals surface area contributed by atoms with Crippen LogP contribution in [-0.4, -0.2) is 16.3 Å². The number of fused-ring (bicyclic) bond motifs is 1. The van der Waals surface area contributed by atoms with Gasteiger partial charge in [-0.15, -0.1) is 0 Å². The minimum atomic E-state index is 0.0404. The number of para-hydroxylation sites is 1. The zero-order chi connectivity index (χ0) is 13.9. The topological polar surface area (TPSA) is 89.0 Å². The molecular formula is C14H7N3O3. The number of hydrogen-bond donors (Lipinski definition) is 0. The molecule has 0 bridgehead atoms. The van der Waals surface area contributed by atoms with Gasteiger partial charge in [-0.3, -0.25) is 4.79 Å². The summed E-state index contributed by atoms with van der Waals surface area (Å²) in [6.07, 6.45) is 3.31. The molecule has 0 aliphatic carbocycles. The van der Waals surface area contributed by atoms with Crippen LogP contribution in [0.2, 0.25) is 0 Å². The van der Waals surface area contributed by atoms with E-state index in [-0.39, 0.29) is 17.5 Å². The highest BCUT2D eigenvalue weighted by molar-refractivity contribution is 5.86. The van der Waals surface area contributed by atoms with Crippen molar-refractivity contribution in [1.29, 1.82) is 5.26 Å². The van der Waals surface area contributed by atoms with E-state index in [9.17, 15) is 4.79 Å². The molecule has 0 unspecified atom stereocenters. The molecule has 96 valence electrons. The van der Waals surface area contributed by atoms with E-state index < -0.39 is 0 Å². The van der Waals surface area contributed by atoms with Crippen molar-refractivity contribution in [2.24, 2.45) is 0 Å². The number of ether oxygens (including phenoxy) is 1. The van der Waals surface area contributed by atoms with Gasteiger partial charge in [0.15, 0.2) is 12.0 Å². The lowest BCUT2D eigenvalue weighted by molar-refractivity contribution is 0.112. The molecule has 3 aromatic rings. The summed E-state index contributed by atoms with van der Waals surface area (Å²) in [6, 6.07) is 9.08. The van der Waals surface area contributed by atoms with Crippen molar-refractivity contribution in [2.75, 3.05) is 0 Å². The second-order valence-electron chi connectivity index (χ2n) is 3.89. The fourth-order valence-corrected chi connectivity index (χ4v) is 1.73. The molecule has 0 atom stereocenters. The number of carbonyl (C=O) groups is 1. The zero-order valence-electron chi connectivity index (χ0n) is 10.1. The van der Waals surface area contributed by atoms with E-state index in [1.165, 1.54) is 12.4 Å². The van der Waals surface area contributed by atoms with Gasteiger partial charge in [0.1, 0.15) is 11.7 Å². The van der Waals surface area contributed by atoms with Crippen LogP contribution in [0.3, 0.4) is 0 Å². The first-order chi connectivity index (χ1) is 9.81. The maximum atomic E-state index is 10.5. The molecule has 3 rings (SSSR count). The Bertz CT molecular complexity index is 816. The summed E-state index contributed by atoms with van der Waals surface area (Å²) in [5.41, 5.74) is 0.887. The molecule has 0 saturated carbocycles. The van der Waals surface area contributed by atoms with Crippen LogP contribution in [0.5, 0.6) is 11.8 Å². The monoisotopic (exact) mass is 265 g/mol. The van der Waals surface area contributed by atoms with Gasteiger partial charge in [0.2, 0.25) is 5.76 Å². The van der Waals surface area contributed by atoms with Gasteiger partial charge in [0.25, 0.3) is 0 Å². The number of benzene rings is 1. The van der Waals surface area contributed by atoms with Crippen LogP contribution in [-0.2, 0) is 0 Å². The molecule has 1 aromatic carbocycles. The van der Waals surface area contributed by atoms with Crippen LogP contribution in [0.25, 0.3) is 11.0 Å². The third kappa shape index (κ3) is 1.97. The molecule has 0 saturated heterocycles.